The van der Waals surface area contributed by atoms with Crippen molar-refractivity contribution in [3.05, 3.63) is 57.9 Å². The fourth-order valence-corrected chi connectivity index (χ4v) is 6.32. The van der Waals surface area contributed by atoms with Crippen LogP contribution >= 0.6 is 23.5 Å². The summed E-state index contributed by atoms with van der Waals surface area (Å²) in [7, 11) is 0. The number of hydrogen-bond donors (Lipinski definition) is 2. The van der Waals surface area contributed by atoms with E-state index in [1.807, 2.05) is 23.5 Å². The average molecular weight is 501 g/mol. The van der Waals surface area contributed by atoms with Crippen molar-refractivity contribution in [3.63, 3.8) is 0 Å². The van der Waals surface area contributed by atoms with Crippen LogP contribution in [-0.2, 0) is 22.4 Å². The number of aromatic amines is 2. The lowest BCUT2D eigenvalue weighted by Crippen LogP contribution is -2.17. The first-order valence-corrected chi connectivity index (χ1v) is 12.9. The summed E-state index contributed by atoms with van der Waals surface area (Å²) in [6, 6.07) is 0.179. The smallest absolute Gasteiger partial charge is 0.338 e. The number of rotatable bonds is 8. The maximum absolute atomic E-state index is 12.1. The number of allylic oxidation sites excluding steroid dienone is 4. The third-order valence-corrected chi connectivity index (χ3v) is 8.25. The molecule has 4 rings (SSSR count). The molecule has 180 valence electrons. The van der Waals surface area contributed by atoms with Crippen molar-refractivity contribution < 1.29 is 19.1 Å². The zero-order chi connectivity index (χ0) is 24.3. The number of nitrogens with zero attached hydrogens (tertiary/aromatic N) is 2. The molecule has 4 heterocycles. The first kappa shape index (κ1) is 24.4. The number of H-pyrrole nitrogens is 2. The number of imidazole rings is 2. The Morgan fingerprint density at radius 1 is 0.882 bits per heavy atom. The molecule has 0 fully saturated rings. The van der Waals surface area contributed by atoms with Crippen LogP contribution in [0.1, 0.15) is 39.1 Å². The van der Waals surface area contributed by atoms with Gasteiger partial charge in [0.2, 0.25) is 0 Å². The summed E-state index contributed by atoms with van der Waals surface area (Å²) in [4.78, 5) is 41.1. The fourth-order valence-electron chi connectivity index (χ4n) is 4.10. The summed E-state index contributed by atoms with van der Waals surface area (Å²) in [5.41, 5.74) is 1.68. The average Bonchev–Trinajstić information content (AvgIpc) is 3.52. The number of esters is 2. The SMILES string of the molecule is CC1=CC(C)(Cc2c[nH]c(OC(=O)/C=C/C(=O)Oc3nc(CC4(C)C=C(C)SC4)c[nH]3)n2)CS1. The largest absolute Gasteiger partial charge is 0.389 e. The van der Waals surface area contributed by atoms with Gasteiger partial charge in [-0.1, -0.05) is 26.0 Å². The molecule has 0 spiro atoms. The van der Waals surface area contributed by atoms with Gasteiger partial charge in [0.15, 0.2) is 0 Å². The molecule has 0 radical (unpaired) electrons. The van der Waals surface area contributed by atoms with Gasteiger partial charge in [0.1, 0.15) is 0 Å². The van der Waals surface area contributed by atoms with E-state index in [1.54, 1.807) is 12.4 Å². The second-order valence-electron chi connectivity index (χ2n) is 9.32. The van der Waals surface area contributed by atoms with E-state index in [2.05, 4.69) is 59.8 Å². The Morgan fingerprint density at radius 2 is 1.29 bits per heavy atom. The van der Waals surface area contributed by atoms with Crippen molar-refractivity contribution in [2.75, 3.05) is 11.5 Å². The zero-order valence-electron chi connectivity index (χ0n) is 19.6. The Labute approximate surface area is 207 Å². The van der Waals surface area contributed by atoms with Crippen LogP contribution in [0.5, 0.6) is 12.0 Å². The van der Waals surface area contributed by atoms with E-state index in [0.29, 0.717) is 0 Å². The van der Waals surface area contributed by atoms with E-state index in [1.165, 1.54) is 9.81 Å². The minimum absolute atomic E-state index is 0.0318. The maximum Gasteiger partial charge on any atom is 0.338 e. The second kappa shape index (κ2) is 9.87. The summed E-state index contributed by atoms with van der Waals surface area (Å²) in [6.45, 7) is 8.56. The van der Waals surface area contributed by atoms with E-state index in [-0.39, 0.29) is 22.9 Å². The Hall–Kier alpha value is -2.72. The quantitative estimate of drug-likeness (QED) is 0.400. The first-order valence-electron chi connectivity index (χ1n) is 10.9. The Bertz CT molecular complexity index is 1090. The molecule has 0 bridgehead atoms. The fraction of sp³-hybridized carbons (Fsp3) is 0.417. The van der Waals surface area contributed by atoms with Gasteiger partial charge in [-0.25, -0.2) is 19.6 Å². The van der Waals surface area contributed by atoms with Crippen LogP contribution in [0.2, 0.25) is 0 Å². The molecule has 2 aromatic heterocycles. The van der Waals surface area contributed by atoms with Crippen molar-refractivity contribution in [1.29, 1.82) is 0 Å². The molecule has 2 aliphatic rings. The van der Waals surface area contributed by atoms with E-state index in [0.717, 1.165) is 47.9 Å². The van der Waals surface area contributed by atoms with Crippen LogP contribution in [0.3, 0.4) is 0 Å². The molecular formula is C24H28N4O4S2. The third kappa shape index (κ3) is 6.44. The summed E-state index contributed by atoms with van der Waals surface area (Å²) < 4.78 is 10.3. The maximum atomic E-state index is 12.1. The predicted molar refractivity (Wildman–Crippen MR) is 134 cm³/mol. The predicted octanol–water partition coefficient (Wildman–Crippen LogP) is 4.60. The summed E-state index contributed by atoms with van der Waals surface area (Å²) >= 11 is 3.67. The van der Waals surface area contributed by atoms with Gasteiger partial charge in [0, 0.05) is 59.7 Å². The van der Waals surface area contributed by atoms with Crippen molar-refractivity contribution in [2.24, 2.45) is 10.8 Å². The number of ether oxygens (including phenoxy) is 2. The minimum atomic E-state index is -0.731. The normalized spacial score (nSPS) is 24.4. The Balaban J connectivity index is 1.25. The molecule has 0 aliphatic carbocycles. The number of aromatic nitrogens is 4. The van der Waals surface area contributed by atoms with Crippen LogP contribution in [0.25, 0.3) is 0 Å². The van der Waals surface area contributed by atoms with Crippen LogP contribution < -0.4 is 9.47 Å². The van der Waals surface area contributed by atoms with Gasteiger partial charge in [-0.15, -0.1) is 23.5 Å². The molecule has 0 amide bonds. The van der Waals surface area contributed by atoms with Crippen LogP contribution in [-0.4, -0.2) is 43.4 Å². The second-order valence-corrected chi connectivity index (χ2v) is 11.8. The zero-order valence-corrected chi connectivity index (χ0v) is 21.3. The van der Waals surface area contributed by atoms with Gasteiger partial charge in [0.05, 0.1) is 11.4 Å². The van der Waals surface area contributed by atoms with Gasteiger partial charge >= 0.3 is 24.0 Å². The van der Waals surface area contributed by atoms with Crippen molar-refractivity contribution in [1.82, 2.24) is 19.9 Å². The van der Waals surface area contributed by atoms with Gasteiger partial charge in [-0.2, -0.15) is 0 Å². The molecule has 8 nitrogen and oxygen atoms in total. The molecule has 2 aromatic rings. The van der Waals surface area contributed by atoms with Crippen molar-refractivity contribution >= 4 is 35.5 Å². The molecule has 2 N–H and O–H groups in total. The van der Waals surface area contributed by atoms with Gasteiger partial charge in [-0.3, -0.25) is 0 Å². The van der Waals surface area contributed by atoms with Gasteiger partial charge < -0.3 is 19.4 Å². The summed E-state index contributed by atoms with van der Waals surface area (Å²) in [5.74, 6) is 0.533. The van der Waals surface area contributed by atoms with Gasteiger partial charge in [0.25, 0.3) is 0 Å². The molecule has 0 saturated carbocycles. The third-order valence-electron chi connectivity index (χ3n) is 5.50. The summed E-state index contributed by atoms with van der Waals surface area (Å²) in [6.07, 6.45) is 11.4. The number of carbonyl (C=O) groups excluding carboxylic acids is 2. The van der Waals surface area contributed by atoms with Gasteiger partial charge in [-0.05, 0) is 23.7 Å². The van der Waals surface area contributed by atoms with Crippen LogP contribution in [0.15, 0.2) is 46.5 Å². The monoisotopic (exact) mass is 500 g/mol. The molecular weight excluding hydrogens is 472 g/mol. The molecule has 2 aliphatic heterocycles. The number of nitrogens with one attached hydrogen (secondary N) is 2. The van der Waals surface area contributed by atoms with Crippen molar-refractivity contribution in [2.45, 2.75) is 40.5 Å². The highest BCUT2D eigenvalue weighted by Gasteiger charge is 2.29. The Kier molecular flexibility index (Phi) is 7.09. The number of hydrogen-bond acceptors (Lipinski definition) is 8. The lowest BCUT2D eigenvalue weighted by atomic mass is 9.87. The molecule has 0 saturated heterocycles. The molecule has 34 heavy (non-hydrogen) atoms. The highest BCUT2D eigenvalue weighted by Crippen LogP contribution is 2.41. The van der Waals surface area contributed by atoms with Crippen LogP contribution in [0.4, 0.5) is 0 Å². The first-order chi connectivity index (χ1) is 16.1. The minimum Gasteiger partial charge on any atom is -0.389 e. The number of thioether (sulfide) groups is 2. The molecule has 2 unspecified atom stereocenters. The van der Waals surface area contributed by atoms with E-state index < -0.39 is 11.9 Å². The number of carbonyl (C=O) groups is 2. The van der Waals surface area contributed by atoms with E-state index in [4.69, 9.17) is 9.47 Å². The highest BCUT2D eigenvalue weighted by molar-refractivity contribution is 8.03. The van der Waals surface area contributed by atoms with E-state index >= 15 is 0 Å². The lowest BCUT2D eigenvalue weighted by Gasteiger charge is -2.18. The summed E-state index contributed by atoms with van der Waals surface area (Å²) in [5, 5.41) is 0. The van der Waals surface area contributed by atoms with E-state index in [9.17, 15) is 9.59 Å². The molecule has 10 heteroatoms. The molecule has 2 atom stereocenters. The topological polar surface area (TPSA) is 110 Å². The standard InChI is InChI=1S/C24H28N4O4S2/c1-15-7-23(3,13-33-15)9-17-11-25-21(27-17)31-19(29)5-6-20(30)32-22-26-12-18(28-22)10-24(4)8-16(2)34-14-24/h5-8,11-12H,9-10,13-14H2,1-4H3,(H,25,27)(H,26,28)/b6-5+. The highest BCUT2D eigenvalue weighted by atomic mass is 32.2. The van der Waals surface area contributed by atoms with Crippen LogP contribution in [0, 0.1) is 10.8 Å². The Morgan fingerprint density at radius 3 is 1.65 bits per heavy atom. The molecule has 0 aromatic carbocycles. The van der Waals surface area contributed by atoms with Crippen molar-refractivity contribution in [3.8, 4) is 12.0 Å². The lowest BCUT2D eigenvalue weighted by molar-refractivity contribution is -0.132.